The van der Waals surface area contributed by atoms with Gasteiger partial charge < -0.3 is 17.7 Å². The predicted octanol–water partition coefficient (Wildman–Crippen LogP) is 33.2. The fourth-order valence-corrected chi connectivity index (χ4v) is 17.6. The average Bonchev–Trinajstić information content (AvgIpc) is 0.909. The zero-order valence-corrected chi connectivity index (χ0v) is 83.6. The molecule has 0 aliphatic rings. The molecular weight excluding hydrogens is 2610 g/mol. The van der Waals surface area contributed by atoms with Gasteiger partial charge in [-0.05, 0) is 138 Å². The monoisotopic (exact) mass is 2670 g/mol. The Balaban J connectivity index is 0.000000131. The molecule has 0 amide bonds. The molecule has 0 atom stereocenters. The molecule has 0 saturated heterocycles. The van der Waals surface area contributed by atoms with E-state index >= 15 is 0 Å². The number of hydrogen-bond acceptors (Lipinski definition) is 12. The van der Waals surface area contributed by atoms with E-state index in [1.807, 2.05) is 158 Å². The minimum Gasteiger partial charge on any atom is -0.518 e. The van der Waals surface area contributed by atoms with Crippen LogP contribution in [-0.4, -0.2) is 40.8 Å². The van der Waals surface area contributed by atoms with Gasteiger partial charge in [0.1, 0.15) is 0 Å². The molecule has 0 saturated carbocycles. The fourth-order valence-electron chi connectivity index (χ4n) is 17.6. The van der Waals surface area contributed by atoms with Gasteiger partial charge in [-0.1, -0.05) is 237 Å². The standard InChI is InChI=1S/2C28H13F6N2O.C28H16F3N2O.C28H17F2N2O.4Ir/c29-27(30,31)21-10-5-9-18(24(21)28(32,33)34)25-19-12-15-6-1-2-7-16(15)13-20(19)26(36-35-25)23-14-17-8-3-4-11-22(17)37-23;29-27(30,31)21-10-9-18(13-22(21)28(32,33)34)25-19-11-15-5-1-2-6-16(15)12-20(19)26(36-35-25)24-14-17-7-3-4-8-23(17)37-24;1-16-10-20(12-21(11-16)28(29,30)31)26-22-13-17-6-2-3-7-18(17)14-23(22)27(33-32-26)25-15-19-8-4-5-9-24(19)34-25;1-28(29,30)23-12-6-5-11-20(23)26-21-14-17-8-2-3-9-18(17)15-22(21)27(32-31-26)25-16-19-10-4-7-13-24(19)33-25;;;;/h2*1-13H;2-14H,1H3;2-15H,1H3;;;;/q4*-1;;;;. The first kappa shape index (κ1) is 102. The second-order valence-corrected chi connectivity index (χ2v) is 33.3. The van der Waals surface area contributed by atoms with E-state index in [-0.39, 0.29) is 126 Å². The van der Waals surface area contributed by atoms with Gasteiger partial charge in [-0.2, -0.15) is 107 Å². The van der Waals surface area contributed by atoms with Crippen LogP contribution < -0.4 is 0 Å². The molecule has 8 aromatic heterocycles. The molecule has 24 aromatic rings. The van der Waals surface area contributed by atoms with Gasteiger partial charge in [-0.25, -0.2) is 8.78 Å². The maximum Gasteiger partial charge on any atom is 0.417 e. The first-order chi connectivity index (χ1) is 67.6. The fraction of sp³-hybridized carbons (Fsp3) is 0.0714. The molecule has 8 heterocycles. The molecule has 4 radical (unpaired) electrons. The van der Waals surface area contributed by atoms with Crippen LogP contribution in [0, 0.1) is 31.2 Å². The predicted molar refractivity (Wildman–Crippen MR) is 505 cm³/mol. The van der Waals surface area contributed by atoms with Gasteiger partial charge in [0.25, 0.3) is 5.92 Å². The second kappa shape index (κ2) is 39.9. The number of halogens is 17. The SMILES string of the molecule is CC(F)(F)c1ccccc1-c1nnc(-c2[c-]c3ccccc3o2)c2cc3ccccc3cc12.Cc1cc(-c2nnc(-c3[c-]c4ccccc4o3)c3cc4ccccc4cc23)cc(C(F)(F)F)c1.FC(F)(F)c1ccc(-c2nnc(-c3[c-]c4ccccc4o3)c3cc4ccccc4cc23)cc1C(F)(F)F.FC(F)(F)c1cccc(-c2nnc(-c3[c-]c4ccccc4o3)c3cc4ccccc4cc23)c1C(F)(F)F.[Ir].[Ir].[Ir].[Ir]. The Labute approximate surface area is 863 Å². The molecule has 0 spiro atoms. The number of para-hydroxylation sites is 4. The molecule has 0 aliphatic heterocycles. The van der Waals surface area contributed by atoms with Crippen molar-refractivity contribution in [3.05, 3.63) is 385 Å². The first-order valence-electron chi connectivity index (χ1n) is 43.2. The van der Waals surface area contributed by atoms with Crippen molar-refractivity contribution in [3.63, 3.8) is 0 Å². The minimum absolute atomic E-state index is 0. The van der Waals surface area contributed by atoms with Crippen LogP contribution in [0.15, 0.2) is 339 Å². The van der Waals surface area contributed by atoms with Crippen LogP contribution in [-0.2, 0) is 117 Å². The summed E-state index contributed by atoms with van der Waals surface area (Å²) in [6.07, 6.45) is -25.4. The normalized spacial score (nSPS) is 12.0. The molecule has 33 heteroatoms. The third-order valence-corrected chi connectivity index (χ3v) is 24.0. The molecule has 0 fully saturated rings. The van der Waals surface area contributed by atoms with Crippen LogP contribution in [0.25, 0.3) is 221 Å². The summed E-state index contributed by atoms with van der Waals surface area (Å²) in [5, 5.41) is 48.7. The van der Waals surface area contributed by atoms with E-state index in [4.69, 9.17) is 17.7 Å². The average molecular weight is 2670 g/mol. The van der Waals surface area contributed by atoms with Crippen molar-refractivity contribution in [2.45, 2.75) is 50.7 Å². The van der Waals surface area contributed by atoms with Crippen molar-refractivity contribution in [3.8, 4) is 90.8 Å². The molecule has 145 heavy (non-hydrogen) atoms. The van der Waals surface area contributed by atoms with Crippen LogP contribution in [0.2, 0.25) is 0 Å². The van der Waals surface area contributed by atoms with Crippen molar-refractivity contribution in [1.82, 2.24) is 40.8 Å². The molecule has 730 valence electrons. The van der Waals surface area contributed by atoms with Crippen molar-refractivity contribution in [2.24, 2.45) is 0 Å². The van der Waals surface area contributed by atoms with E-state index < -0.39 is 70.2 Å². The molecule has 0 N–H and O–H groups in total. The summed E-state index contributed by atoms with van der Waals surface area (Å²) < 4.78 is 257. The molecule has 24 rings (SSSR count). The summed E-state index contributed by atoms with van der Waals surface area (Å²) in [7, 11) is 0. The van der Waals surface area contributed by atoms with Gasteiger partial charge in [0.05, 0.1) is 96.4 Å². The number of alkyl halides is 17. The maximum atomic E-state index is 14.4. The summed E-state index contributed by atoms with van der Waals surface area (Å²) in [6, 6.07) is 102. The first-order valence-corrected chi connectivity index (χ1v) is 43.2. The number of benzene rings is 16. The number of rotatable bonds is 9. The molecule has 0 unspecified atom stereocenters. The van der Waals surface area contributed by atoms with E-state index in [0.717, 1.165) is 102 Å². The third kappa shape index (κ3) is 20.1. The van der Waals surface area contributed by atoms with Crippen molar-refractivity contribution in [1.29, 1.82) is 0 Å². The van der Waals surface area contributed by atoms with Crippen molar-refractivity contribution < 1.29 is 173 Å². The van der Waals surface area contributed by atoms with Gasteiger partial charge in [-0.15, -0.1) is 70.1 Å². The van der Waals surface area contributed by atoms with E-state index in [1.54, 1.807) is 116 Å². The zero-order chi connectivity index (χ0) is 97.9. The molecule has 12 nitrogen and oxygen atoms in total. The Hall–Kier alpha value is -14.5. The van der Waals surface area contributed by atoms with Gasteiger partial charge in [0.15, 0.2) is 0 Å². The second-order valence-electron chi connectivity index (χ2n) is 33.3. The zero-order valence-electron chi connectivity index (χ0n) is 74.1. The van der Waals surface area contributed by atoms with E-state index in [0.29, 0.717) is 135 Å². The van der Waals surface area contributed by atoms with E-state index in [1.165, 1.54) is 6.07 Å². The van der Waals surface area contributed by atoms with E-state index in [9.17, 15) is 74.6 Å². The third-order valence-electron chi connectivity index (χ3n) is 24.0. The van der Waals surface area contributed by atoms with Gasteiger partial charge >= 0.3 is 30.9 Å². The van der Waals surface area contributed by atoms with Crippen LogP contribution in [0.3, 0.4) is 0 Å². The Morgan fingerprint density at radius 1 is 0.221 bits per heavy atom. The number of aryl methyl sites for hydroxylation is 1. The quantitative estimate of drug-likeness (QED) is 0.0767. The number of furan rings is 4. The van der Waals surface area contributed by atoms with Crippen LogP contribution in [0.4, 0.5) is 74.6 Å². The van der Waals surface area contributed by atoms with Crippen LogP contribution in [0.5, 0.6) is 0 Å². The number of hydrogen-bond donors (Lipinski definition) is 0. The Bertz CT molecular complexity index is 8990. The van der Waals surface area contributed by atoms with Gasteiger partial charge in [-0.3, -0.25) is 0 Å². The van der Waals surface area contributed by atoms with E-state index in [2.05, 4.69) is 65.1 Å². The molecular formula is C112H59F17Ir4N8O4-4. The summed E-state index contributed by atoms with van der Waals surface area (Å²) >= 11 is 0. The molecule has 0 aliphatic carbocycles. The minimum atomic E-state index is -5.29. The van der Waals surface area contributed by atoms with Crippen LogP contribution >= 0.6 is 0 Å². The summed E-state index contributed by atoms with van der Waals surface area (Å²) in [4.78, 5) is 0. The van der Waals surface area contributed by atoms with Crippen molar-refractivity contribution in [2.75, 3.05) is 0 Å². The molecule has 0 bridgehead atoms. The summed E-state index contributed by atoms with van der Waals surface area (Å²) in [5.41, 5.74) is -3.12. The number of fused-ring (bicyclic) bond motifs is 12. The Morgan fingerprint density at radius 3 is 0.821 bits per heavy atom. The maximum absolute atomic E-state index is 14.4. The smallest absolute Gasteiger partial charge is 0.417 e. The topological polar surface area (TPSA) is 156 Å². The Kier molecular flexibility index (Phi) is 28.1. The summed E-state index contributed by atoms with van der Waals surface area (Å²) in [5.74, 6) is -1.64. The Morgan fingerprint density at radius 2 is 0.497 bits per heavy atom. The molecule has 16 aromatic carbocycles. The van der Waals surface area contributed by atoms with Crippen LogP contribution in [0.1, 0.15) is 45.9 Å². The van der Waals surface area contributed by atoms with Gasteiger partial charge in [0, 0.05) is 159 Å². The van der Waals surface area contributed by atoms with Gasteiger partial charge in [0.2, 0.25) is 0 Å². The van der Waals surface area contributed by atoms with Crippen molar-refractivity contribution >= 4 is 130 Å². The largest absolute Gasteiger partial charge is 0.518 e. The number of aromatic nitrogens is 8. The summed E-state index contributed by atoms with van der Waals surface area (Å²) in [6.45, 7) is 2.54. The number of nitrogens with zero attached hydrogens (tertiary/aromatic N) is 8.